The molecule has 0 bridgehead atoms. The molecule has 1 aliphatic rings. The fourth-order valence-corrected chi connectivity index (χ4v) is 3.92. The van der Waals surface area contributed by atoms with Gasteiger partial charge in [-0.1, -0.05) is 99.9 Å². The summed E-state index contributed by atoms with van der Waals surface area (Å²) in [7, 11) is 0. The van der Waals surface area contributed by atoms with Crippen molar-refractivity contribution in [2.75, 3.05) is 0 Å². The van der Waals surface area contributed by atoms with Crippen molar-refractivity contribution in [2.45, 2.75) is 94.9 Å². The van der Waals surface area contributed by atoms with E-state index in [0.29, 0.717) is 21.7 Å². The molecule has 0 saturated heterocycles. The lowest BCUT2D eigenvalue weighted by Gasteiger charge is -2.50. The van der Waals surface area contributed by atoms with Crippen molar-refractivity contribution < 1.29 is 0 Å². The Bertz CT molecular complexity index is 482. The van der Waals surface area contributed by atoms with Crippen LogP contribution in [0.25, 0.3) is 0 Å². The topological polar surface area (TPSA) is 0 Å². The maximum atomic E-state index is 2.47. The van der Waals surface area contributed by atoms with Gasteiger partial charge in [0.1, 0.15) is 0 Å². The van der Waals surface area contributed by atoms with Gasteiger partial charge in [0.2, 0.25) is 0 Å². The van der Waals surface area contributed by atoms with Crippen molar-refractivity contribution in [1.82, 2.24) is 0 Å². The SMILES string of the molecule is CC1(C)Cc2ccccc2CC(C)(C)C(C)(C)CC1(C)C.CCC. The molecule has 0 nitrogen and oxygen atoms in total. The molecule has 2 rings (SSSR count). The zero-order valence-corrected chi connectivity index (χ0v) is 18.1. The van der Waals surface area contributed by atoms with Gasteiger partial charge < -0.3 is 0 Å². The molecule has 0 heteroatoms. The van der Waals surface area contributed by atoms with Crippen LogP contribution in [0, 0.1) is 21.7 Å². The minimum atomic E-state index is 0.306. The summed E-state index contributed by atoms with van der Waals surface area (Å²) in [4.78, 5) is 0. The molecule has 138 valence electrons. The molecule has 0 N–H and O–H groups in total. The molecule has 0 saturated carbocycles. The fourth-order valence-electron chi connectivity index (χ4n) is 3.92. The average molecular weight is 331 g/mol. The zero-order chi connectivity index (χ0) is 18.8. The van der Waals surface area contributed by atoms with Crippen LogP contribution in [-0.2, 0) is 12.8 Å². The molecule has 0 amide bonds. The summed E-state index contributed by atoms with van der Waals surface area (Å²) in [6.45, 7) is 24.0. The van der Waals surface area contributed by atoms with Crippen molar-refractivity contribution in [1.29, 1.82) is 0 Å². The van der Waals surface area contributed by atoms with E-state index in [1.807, 2.05) is 0 Å². The van der Waals surface area contributed by atoms with E-state index < -0.39 is 0 Å². The third-order valence-electron chi connectivity index (χ3n) is 6.93. The standard InChI is InChI=1S/C21H34.C3H8/c1-18(2)13-16-11-9-10-12-17(16)14-19(3,4)21(7,8)15-20(18,5)6;1-3-2/h9-12H,13-15H2,1-8H3;3H2,1-2H3. The summed E-state index contributed by atoms with van der Waals surface area (Å²) in [6, 6.07) is 9.11. The highest BCUT2D eigenvalue weighted by Gasteiger charge is 2.47. The lowest BCUT2D eigenvalue weighted by Crippen LogP contribution is -2.42. The number of fused-ring (bicyclic) bond motifs is 1. The molecule has 1 aliphatic carbocycles. The minimum absolute atomic E-state index is 0.306. The van der Waals surface area contributed by atoms with Crippen molar-refractivity contribution in [3.63, 3.8) is 0 Å². The quantitative estimate of drug-likeness (QED) is 0.457. The van der Waals surface area contributed by atoms with Gasteiger partial charge in [-0.2, -0.15) is 0 Å². The van der Waals surface area contributed by atoms with Crippen LogP contribution in [0.2, 0.25) is 0 Å². The third-order valence-corrected chi connectivity index (χ3v) is 6.93. The first-order chi connectivity index (χ1) is 10.8. The molecule has 0 heterocycles. The fraction of sp³-hybridized carbons (Fsp3) is 0.750. The number of rotatable bonds is 0. The van der Waals surface area contributed by atoms with Gasteiger partial charge in [-0.05, 0) is 52.0 Å². The largest absolute Gasteiger partial charge is 0.0656 e. The Labute approximate surface area is 152 Å². The van der Waals surface area contributed by atoms with E-state index in [9.17, 15) is 0 Å². The molecule has 0 atom stereocenters. The van der Waals surface area contributed by atoms with Gasteiger partial charge in [-0.25, -0.2) is 0 Å². The molecule has 24 heavy (non-hydrogen) atoms. The molecule has 0 radical (unpaired) electrons. The molecule has 0 aromatic heterocycles. The molecule has 0 aliphatic heterocycles. The summed E-state index contributed by atoms with van der Waals surface area (Å²) in [5.74, 6) is 0. The third kappa shape index (κ3) is 4.44. The predicted octanol–water partition coefficient (Wildman–Crippen LogP) is 7.70. The number of benzene rings is 1. The summed E-state index contributed by atoms with van der Waals surface area (Å²) >= 11 is 0. The van der Waals surface area contributed by atoms with E-state index in [-0.39, 0.29) is 0 Å². The summed E-state index contributed by atoms with van der Waals surface area (Å²) < 4.78 is 0. The Balaban J connectivity index is 0.000000891. The Kier molecular flexibility index (Phi) is 6.40. The first kappa shape index (κ1) is 21.3. The Hall–Kier alpha value is -0.780. The van der Waals surface area contributed by atoms with Crippen molar-refractivity contribution in [3.05, 3.63) is 35.4 Å². The first-order valence-electron chi connectivity index (χ1n) is 9.86. The van der Waals surface area contributed by atoms with Crippen LogP contribution in [-0.4, -0.2) is 0 Å². The lowest BCUT2D eigenvalue weighted by molar-refractivity contribution is -0.000907. The van der Waals surface area contributed by atoms with Crippen molar-refractivity contribution in [2.24, 2.45) is 21.7 Å². The highest BCUT2D eigenvalue weighted by Crippen LogP contribution is 2.55. The highest BCUT2D eigenvalue weighted by molar-refractivity contribution is 5.30. The van der Waals surface area contributed by atoms with E-state index in [2.05, 4.69) is 93.5 Å². The van der Waals surface area contributed by atoms with E-state index in [1.165, 1.54) is 25.7 Å². The normalized spacial score (nSPS) is 23.6. The molecule has 0 spiro atoms. The van der Waals surface area contributed by atoms with Gasteiger partial charge in [-0.15, -0.1) is 0 Å². The minimum Gasteiger partial charge on any atom is -0.0656 e. The number of hydrogen-bond acceptors (Lipinski definition) is 0. The lowest BCUT2D eigenvalue weighted by atomic mass is 9.55. The Morgan fingerprint density at radius 1 is 0.625 bits per heavy atom. The van der Waals surface area contributed by atoms with Crippen LogP contribution in [0.1, 0.15) is 93.2 Å². The van der Waals surface area contributed by atoms with Crippen LogP contribution < -0.4 is 0 Å². The van der Waals surface area contributed by atoms with E-state index in [4.69, 9.17) is 0 Å². The van der Waals surface area contributed by atoms with Crippen LogP contribution >= 0.6 is 0 Å². The van der Waals surface area contributed by atoms with E-state index in [1.54, 1.807) is 11.1 Å². The summed E-state index contributed by atoms with van der Waals surface area (Å²) in [6.07, 6.45) is 4.89. The van der Waals surface area contributed by atoms with Gasteiger partial charge in [0, 0.05) is 0 Å². The zero-order valence-electron chi connectivity index (χ0n) is 18.1. The van der Waals surface area contributed by atoms with Crippen LogP contribution in [0.5, 0.6) is 0 Å². The monoisotopic (exact) mass is 330 g/mol. The van der Waals surface area contributed by atoms with Gasteiger partial charge >= 0.3 is 0 Å². The van der Waals surface area contributed by atoms with Gasteiger partial charge in [-0.3, -0.25) is 0 Å². The van der Waals surface area contributed by atoms with Gasteiger partial charge in [0.25, 0.3) is 0 Å². The molecule has 1 aromatic carbocycles. The van der Waals surface area contributed by atoms with Crippen molar-refractivity contribution in [3.8, 4) is 0 Å². The van der Waals surface area contributed by atoms with Gasteiger partial charge in [0.05, 0.1) is 0 Å². The molecule has 0 fully saturated rings. The Morgan fingerprint density at radius 2 is 0.917 bits per heavy atom. The summed E-state index contributed by atoms with van der Waals surface area (Å²) in [5, 5.41) is 0. The maximum absolute atomic E-state index is 2.47. The second kappa shape index (κ2) is 7.22. The van der Waals surface area contributed by atoms with Crippen LogP contribution in [0.4, 0.5) is 0 Å². The number of hydrogen-bond donors (Lipinski definition) is 0. The molecular formula is C24H42. The molecular weight excluding hydrogens is 288 g/mol. The Morgan fingerprint density at radius 3 is 1.21 bits per heavy atom. The van der Waals surface area contributed by atoms with E-state index >= 15 is 0 Å². The van der Waals surface area contributed by atoms with E-state index in [0.717, 1.165) is 0 Å². The van der Waals surface area contributed by atoms with Crippen LogP contribution in [0.15, 0.2) is 24.3 Å². The second-order valence-electron chi connectivity index (χ2n) is 10.5. The van der Waals surface area contributed by atoms with Crippen molar-refractivity contribution >= 4 is 0 Å². The smallest absolute Gasteiger partial charge is 0.0219 e. The molecule has 1 aromatic rings. The summed E-state index contributed by atoms with van der Waals surface area (Å²) in [5.41, 5.74) is 4.38. The van der Waals surface area contributed by atoms with Gasteiger partial charge in [0.15, 0.2) is 0 Å². The highest BCUT2D eigenvalue weighted by atomic mass is 14.5. The van der Waals surface area contributed by atoms with Crippen LogP contribution in [0.3, 0.4) is 0 Å². The second-order valence-corrected chi connectivity index (χ2v) is 10.5. The predicted molar refractivity (Wildman–Crippen MR) is 110 cm³/mol. The average Bonchev–Trinajstić information content (AvgIpc) is 2.40. The maximum Gasteiger partial charge on any atom is -0.0219 e. The first-order valence-corrected chi connectivity index (χ1v) is 9.86. The molecule has 0 unspecified atom stereocenters.